The topological polar surface area (TPSA) is 100 Å². The molecule has 0 fully saturated rings. The molecule has 104 valence electrons. The summed E-state index contributed by atoms with van der Waals surface area (Å²) in [5.41, 5.74) is 0.764. The highest BCUT2D eigenvalue weighted by atomic mass is 32.2. The summed E-state index contributed by atoms with van der Waals surface area (Å²) in [6, 6.07) is 1.53. The van der Waals surface area contributed by atoms with E-state index in [0.29, 0.717) is 18.1 Å². The Balaban J connectivity index is 2.14. The van der Waals surface area contributed by atoms with Gasteiger partial charge in [-0.3, -0.25) is 5.10 Å². The third-order valence-electron chi connectivity index (χ3n) is 2.58. The summed E-state index contributed by atoms with van der Waals surface area (Å²) in [4.78, 5) is 0.168. The maximum atomic E-state index is 12.1. The Bertz CT molecular complexity index is 631. The zero-order valence-electron chi connectivity index (χ0n) is 10.7. The fourth-order valence-electron chi connectivity index (χ4n) is 1.68. The molecule has 19 heavy (non-hydrogen) atoms. The summed E-state index contributed by atoms with van der Waals surface area (Å²) in [5, 5.41) is 9.29. The molecule has 7 nitrogen and oxygen atoms in total. The molecule has 0 saturated carbocycles. The molecule has 3 N–H and O–H groups in total. The predicted molar refractivity (Wildman–Crippen MR) is 68.8 cm³/mol. The molecule has 2 aromatic heterocycles. The average molecular weight is 284 g/mol. The summed E-state index contributed by atoms with van der Waals surface area (Å²) in [5.74, 6) is 0.966. The number of aromatic amines is 1. The first-order chi connectivity index (χ1) is 9.03. The van der Waals surface area contributed by atoms with Gasteiger partial charge in [-0.25, -0.2) is 13.1 Å². The third kappa shape index (κ3) is 3.22. The van der Waals surface area contributed by atoms with Crippen LogP contribution in [0.4, 0.5) is 0 Å². The Morgan fingerprint density at radius 2 is 2.21 bits per heavy atom. The molecule has 0 aliphatic heterocycles. The lowest BCUT2D eigenvalue weighted by Crippen LogP contribution is -2.23. The first-order valence-corrected chi connectivity index (χ1v) is 7.22. The van der Waals surface area contributed by atoms with Crippen LogP contribution in [0, 0.1) is 6.92 Å². The van der Waals surface area contributed by atoms with E-state index in [-0.39, 0.29) is 11.4 Å². The van der Waals surface area contributed by atoms with Gasteiger partial charge < -0.3 is 9.73 Å². The monoisotopic (exact) mass is 284 g/mol. The van der Waals surface area contributed by atoms with Crippen LogP contribution < -0.4 is 10.0 Å². The molecule has 2 heterocycles. The van der Waals surface area contributed by atoms with E-state index in [0.717, 1.165) is 5.56 Å². The summed E-state index contributed by atoms with van der Waals surface area (Å²) < 4.78 is 32.2. The lowest BCUT2D eigenvalue weighted by molar-refractivity contribution is 0.465. The molecule has 0 aliphatic rings. The predicted octanol–water partition coefficient (Wildman–Crippen LogP) is 0.509. The van der Waals surface area contributed by atoms with Crippen molar-refractivity contribution in [1.29, 1.82) is 0 Å². The highest BCUT2D eigenvalue weighted by Crippen LogP contribution is 2.20. The molecule has 0 radical (unpaired) electrons. The molecule has 0 bridgehead atoms. The van der Waals surface area contributed by atoms with Crippen LogP contribution in [0.5, 0.6) is 0 Å². The third-order valence-corrected chi connectivity index (χ3v) is 4.09. The Morgan fingerprint density at radius 1 is 1.42 bits per heavy atom. The SMILES string of the molecule is CNCc1cc(S(=O)(=O)NCc2cn[nH]c2)c(C)o1. The van der Waals surface area contributed by atoms with Crippen molar-refractivity contribution in [2.24, 2.45) is 0 Å². The van der Waals surface area contributed by atoms with E-state index in [1.165, 1.54) is 6.07 Å². The van der Waals surface area contributed by atoms with Crippen LogP contribution in [0.15, 0.2) is 27.8 Å². The van der Waals surface area contributed by atoms with Crippen molar-refractivity contribution in [2.45, 2.75) is 24.9 Å². The molecule has 0 atom stereocenters. The normalized spacial score (nSPS) is 11.9. The van der Waals surface area contributed by atoms with Crippen LogP contribution in [0.2, 0.25) is 0 Å². The van der Waals surface area contributed by atoms with Gasteiger partial charge in [-0.05, 0) is 14.0 Å². The highest BCUT2D eigenvalue weighted by molar-refractivity contribution is 7.89. The van der Waals surface area contributed by atoms with Gasteiger partial charge in [-0.15, -0.1) is 0 Å². The standard InChI is InChI=1S/C11H16N4O3S/c1-8-11(3-10(18-8)7-12-2)19(16,17)15-6-9-4-13-14-5-9/h3-5,12,15H,6-7H2,1-2H3,(H,13,14). The van der Waals surface area contributed by atoms with Crippen molar-refractivity contribution in [3.05, 3.63) is 35.5 Å². The molecule has 0 spiro atoms. The molecule has 2 aromatic rings. The number of aromatic nitrogens is 2. The number of hydrogen-bond acceptors (Lipinski definition) is 5. The van der Waals surface area contributed by atoms with Gasteiger partial charge in [0.15, 0.2) is 0 Å². The van der Waals surface area contributed by atoms with Crippen molar-refractivity contribution >= 4 is 10.0 Å². The van der Waals surface area contributed by atoms with Crippen molar-refractivity contribution in [1.82, 2.24) is 20.2 Å². The van der Waals surface area contributed by atoms with E-state index in [1.54, 1.807) is 26.4 Å². The molecular formula is C11H16N4O3S. The van der Waals surface area contributed by atoms with Crippen LogP contribution >= 0.6 is 0 Å². The molecule has 0 unspecified atom stereocenters. The number of aryl methyl sites for hydroxylation is 1. The second kappa shape index (κ2) is 5.55. The molecule has 2 rings (SSSR count). The number of sulfonamides is 1. The van der Waals surface area contributed by atoms with Crippen LogP contribution in [0.3, 0.4) is 0 Å². The largest absolute Gasteiger partial charge is 0.464 e. The highest BCUT2D eigenvalue weighted by Gasteiger charge is 2.21. The molecule has 8 heteroatoms. The minimum Gasteiger partial charge on any atom is -0.464 e. The van der Waals surface area contributed by atoms with Crippen molar-refractivity contribution in [3.63, 3.8) is 0 Å². The zero-order valence-corrected chi connectivity index (χ0v) is 11.5. The maximum absolute atomic E-state index is 12.1. The Labute approximate surface area is 111 Å². The number of furan rings is 1. The van der Waals surface area contributed by atoms with Crippen molar-refractivity contribution in [2.75, 3.05) is 7.05 Å². The van der Waals surface area contributed by atoms with E-state index in [4.69, 9.17) is 4.42 Å². The molecule has 0 aromatic carbocycles. The van der Waals surface area contributed by atoms with Gasteiger partial charge in [0.25, 0.3) is 0 Å². The number of nitrogens with one attached hydrogen (secondary N) is 3. The number of rotatable bonds is 6. The summed E-state index contributed by atoms with van der Waals surface area (Å²) in [6.45, 7) is 2.30. The van der Waals surface area contributed by atoms with Crippen molar-refractivity contribution in [3.8, 4) is 0 Å². The molecule has 0 saturated heterocycles. The van der Waals surface area contributed by atoms with Gasteiger partial charge in [-0.1, -0.05) is 0 Å². The quantitative estimate of drug-likeness (QED) is 0.717. The number of H-pyrrole nitrogens is 1. The van der Waals surface area contributed by atoms with Gasteiger partial charge >= 0.3 is 0 Å². The van der Waals surface area contributed by atoms with Crippen molar-refractivity contribution < 1.29 is 12.8 Å². The van der Waals surface area contributed by atoms with Gasteiger partial charge in [-0.2, -0.15) is 5.10 Å². The van der Waals surface area contributed by atoms with Gasteiger partial charge in [0, 0.05) is 24.4 Å². The molecule has 0 amide bonds. The Kier molecular flexibility index (Phi) is 4.03. The van der Waals surface area contributed by atoms with Gasteiger partial charge in [0.1, 0.15) is 16.4 Å². The van der Waals surface area contributed by atoms with E-state index >= 15 is 0 Å². The average Bonchev–Trinajstić information content (AvgIpc) is 2.97. The second-order valence-electron chi connectivity index (χ2n) is 4.09. The summed E-state index contributed by atoms with van der Waals surface area (Å²) in [7, 11) is -1.81. The van der Waals surface area contributed by atoms with Gasteiger partial charge in [0.05, 0.1) is 12.7 Å². The minimum atomic E-state index is -3.58. The van der Waals surface area contributed by atoms with Crippen LogP contribution in [-0.4, -0.2) is 25.7 Å². The van der Waals surface area contributed by atoms with E-state index in [2.05, 4.69) is 20.2 Å². The Morgan fingerprint density at radius 3 is 2.84 bits per heavy atom. The maximum Gasteiger partial charge on any atom is 0.244 e. The fraction of sp³-hybridized carbons (Fsp3) is 0.364. The number of nitrogens with zero attached hydrogens (tertiary/aromatic N) is 1. The number of hydrogen-bond donors (Lipinski definition) is 3. The lowest BCUT2D eigenvalue weighted by Gasteiger charge is -2.03. The fourth-order valence-corrected chi connectivity index (χ4v) is 2.90. The van der Waals surface area contributed by atoms with E-state index in [1.807, 2.05) is 0 Å². The summed E-state index contributed by atoms with van der Waals surface area (Å²) in [6.07, 6.45) is 3.20. The van der Waals surface area contributed by atoms with Gasteiger partial charge in [0.2, 0.25) is 10.0 Å². The minimum absolute atomic E-state index is 0.168. The molecule has 0 aliphatic carbocycles. The van der Waals surface area contributed by atoms with Crippen LogP contribution in [-0.2, 0) is 23.1 Å². The zero-order chi connectivity index (χ0) is 13.9. The first-order valence-electron chi connectivity index (χ1n) is 5.74. The Hall–Kier alpha value is -1.64. The van der Waals surface area contributed by atoms with E-state index < -0.39 is 10.0 Å². The first kappa shape index (κ1) is 13.8. The molecular weight excluding hydrogens is 268 g/mol. The smallest absolute Gasteiger partial charge is 0.244 e. The van der Waals surface area contributed by atoms with E-state index in [9.17, 15) is 8.42 Å². The van der Waals surface area contributed by atoms with Crippen LogP contribution in [0.1, 0.15) is 17.1 Å². The van der Waals surface area contributed by atoms with Crippen LogP contribution in [0.25, 0.3) is 0 Å². The lowest BCUT2D eigenvalue weighted by atomic mass is 10.4. The summed E-state index contributed by atoms with van der Waals surface area (Å²) >= 11 is 0. The second-order valence-corrected chi connectivity index (χ2v) is 5.83.